The van der Waals surface area contributed by atoms with Crippen LogP contribution in [0.15, 0.2) is 66.7 Å². The number of nitrogens with two attached hydrogens (primary N) is 1. The van der Waals surface area contributed by atoms with Crippen LogP contribution in [-0.4, -0.2) is 0 Å². The van der Waals surface area contributed by atoms with Crippen molar-refractivity contribution in [2.45, 2.75) is 6.61 Å². The van der Waals surface area contributed by atoms with E-state index >= 15 is 0 Å². The van der Waals surface area contributed by atoms with Crippen LogP contribution < -0.4 is 10.5 Å². The lowest BCUT2D eigenvalue weighted by Gasteiger charge is -2.13. The molecule has 4 heteroatoms. The molecule has 0 aliphatic carbocycles. The highest BCUT2D eigenvalue weighted by Gasteiger charge is 2.14. The summed E-state index contributed by atoms with van der Waals surface area (Å²) in [6, 6.07) is 18.6. The number of nitrogen functional groups attached to an aromatic ring is 1. The monoisotopic (exact) mass is 311 g/mol. The molecule has 3 aromatic rings. The molecule has 0 saturated heterocycles. The van der Waals surface area contributed by atoms with Gasteiger partial charge in [-0.1, -0.05) is 42.5 Å². The van der Waals surface area contributed by atoms with E-state index in [1.165, 1.54) is 12.1 Å². The Morgan fingerprint density at radius 3 is 2.39 bits per heavy atom. The van der Waals surface area contributed by atoms with E-state index in [4.69, 9.17) is 10.5 Å². The molecule has 116 valence electrons. The van der Waals surface area contributed by atoms with Gasteiger partial charge in [-0.05, 0) is 29.8 Å². The minimum Gasteiger partial charge on any atom is -0.488 e. The average Bonchev–Trinajstić information content (AvgIpc) is 2.57. The standard InChI is InChI=1S/C19H15F2NO/c20-17-8-4-7-15(19(17)21)16-11-14(22)9-10-18(16)23-12-13-5-2-1-3-6-13/h1-11H,12,22H2. The van der Waals surface area contributed by atoms with E-state index in [-0.39, 0.29) is 5.56 Å². The second-order valence-electron chi connectivity index (χ2n) is 5.13. The van der Waals surface area contributed by atoms with Crippen LogP contribution in [-0.2, 0) is 6.61 Å². The predicted molar refractivity (Wildman–Crippen MR) is 87.0 cm³/mol. The van der Waals surface area contributed by atoms with E-state index in [1.54, 1.807) is 18.2 Å². The molecular formula is C19H15F2NO. The molecule has 3 rings (SSSR count). The summed E-state index contributed by atoms with van der Waals surface area (Å²) in [6.07, 6.45) is 0. The van der Waals surface area contributed by atoms with Crippen molar-refractivity contribution in [2.75, 3.05) is 5.73 Å². The molecule has 0 saturated carbocycles. The number of rotatable bonds is 4. The molecular weight excluding hydrogens is 296 g/mol. The first-order valence-corrected chi connectivity index (χ1v) is 7.16. The van der Waals surface area contributed by atoms with Gasteiger partial charge in [0.25, 0.3) is 0 Å². The Hall–Kier alpha value is -2.88. The van der Waals surface area contributed by atoms with Gasteiger partial charge in [0.15, 0.2) is 11.6 Å². The third-order valence-electron chi connectivity index (χ3n) is 3.48. The van der Waals surface area contributed by atoms with E-state index < -0.39 is 11.6 Å². The summed E-state index contributed by atoms with van der Waals surface area (Å²) in [5, 5.41) is 0. The van der Waals surface area contributed by atoms with E-state index in [2.05, 4.69) is 0 Å². The Morgan fingerprint density at radius 2 is 1.61 bits per heavy atom. The topological polar surface area (TPSA) is 35.2 Å². The molecule has 0 unspecified atom stereocenters. The minimum atomic E-state index is -0.914. The first-order chi connectivity index (χ1) is 11.1. The number of hydrogen-bond donors (Lipinski definition) is 1. The lowest BCUT2D eigenvalue weighted by atomic mass is 10.0. The van der Waals surface area contributed by atoms with Crippen LogP contribution >= 0.6 is 0 Å². The largest absolute Gasteiger partial charge is 0.488 e. The van der Waals surface area contributed by atoms with Crippen molar-refractivity contribution in [1.29, 1.82) is 0 Å². The average molecular weight is 311 g/mol. The van der Waals surface area contributed by atoms with Crippen LogP contribution in [0.3, 0.4) is 0 Å². The Labute approximate surface area is 133 Å². The zero-order valence-corrected chi connectivity index (χ0v) is 12.3. The molecule has 0 amide bonds. The van der Waals surface area contributed by atoms with Gasteiger partial charge in [-0.3, -0.25) is 0 Å². The van der Waals surface area contributed by atoms with Gasteiger partial charge < -0.3 is 10.5 Å². The molecule has 2 N–H and O–H groups in total. The quantitative estimate of drug-likeness (QED) is 0.703. The van der Waals surface area contributed by atoms with Gasteiger partial charge in [-0.25, -0.2) is 8.78 Å². The maximum atomic E-state index is 14.1. The van der Waals surface area contributed by atoms with Gasteiger partial charge in [0.05, 0.1) is 0 Å². The summed E-state index contributed by atoms with van der Waals surface area (Å²) in [6.45, 7) is 0.328. The molecule has 0 radical (unpaired) electrons. The summed E-state index contributed by atoms with van der Waals surface area (Å²) >= 11 is 0. The zero-order valence-electron chi connectivity index (χ0n) is 12.3. The molecule has 2 nitrogen and oxygen atoms in total. The van der Waals surface area contributed by atoms with Gasteiger partial charge in [-0.2, -0.15) is 0 Å². The molecule has 0 heterocycles. The van der Waals surface area contributed by atoms with Gasteiger partial charge >= 0.3 is 0 Å². The lowest BCUT2D eigenvalue weighted by Crippen LogP contribution is -1.99. The molecule has 0 bridgehead atoms. The lowest BCUT2D eigenvalue weighted by molar-refractivity contribution is 0.307. The summed E-state index contributed by atoms with van der Waals surface area (Å²) < 4.78 is 33.4. The molecule has 0 aromatic heterocycles. The van der Waals surface area contributed by atoms with E-state index in [9.17, 15) is 8.78 Å². The van der Waals surface area contributed by atoms with Crippen LogP contribution in [0.25, 0.3) is 11.1 Å². The van der Waals surface area contributed by atoms with Crippen molar-refractivity contribution in [2.24, 2.45) is 0 Å². The van der Waals surface area contributed by atoms with Crippen molar-refractivity contribution in [3.63, 3.8) is 0 Å². The van der Waals surface area contributed by atoms with Crippen molar-refractivity contribution in [3.8, 4) is 16.9 Å². The summed E-state index contributed by atoms with van der Waals surface area (Å²) in [5.74, 6) is -1.37. The molecule has 3 aromatic carbocycles. The predicted octanol–water partition coefficient (Wildman–Crippen LogP) is 4.79. The Balaban J connectivity index is 1.96. The summed E-state index contributed by atoms with van der Waals surface area (Å²) in [4.78, 5) is 0. The SMILES string of the molecule is Nc1ccc(OCc2ccccc2)c(-c2cccc(F)c2F)c1. The van der Waals surface area contributed by atoms with E-state index in [1.807, 2.05) is 30.3 Å². The maximum absolute atomic E-state index is 14.1. The number of anilines is 1. The number of hydrogen-bond acceptors (Lipinski definition) is 2. The van der Waals surface area contributed by atoms with Crippen LogP contribution in [0, 0.1) is 11.6 Å². The Kier molecular flexibility index (Phi) is 4.24. The van der Waals surface area contributed by atoms with Crippen molar-refractivity contribution in [1.82, 2.24) is 0 Å². The molecule has 0 fully saturated rings. The smallest absolute Gasteiger partial charge is 0.166 e. The first kappa shape index (κ1) is 15.0. The molecule has 0 atom stereocenters. The second-order valence-corrected chi connectivity index (χ2v) is 5.13. The van der Waals surface area contributed by atoms with Gasteiger partial charge in [0, 0.05) is 16.8 Å². The van der Waals surface area contributed by atoms with Crippen molar-refractivity contribution < 1.29 is 13.5 Å². The van der Waals surface area contributed by atoms with Gasteiger partial charge in [-0.15, -0.1) is 0 Å². The Bertz CT molecular complexity index is 819. The van der Waals surface area contributed by atoms with Gasteiger partial charge in [0.1, 0.15) is 12.4 Å². The zero-order chi connectivity index (χ0) is 16.2. The first-order valence-electron chi connectivity index (χ1n) is 7.16. The summed E-state index contributed by atoms with van der Waals surface area (Å²) in [7, 11) is 0. The molecule has 0 aliphatic rings. The third kappa shape index (κ3) is 3.31. The fourth-order valence-electron chi connectivity index (χ4n) is 2.33. The normalized spacial score (nSPS) is 10.5. The minimum absolute atomic E-state index is 0.125. The highest BCUT2D eigenvalue weighted by molar-refractivity contribution is 5.74. The maximum Gasteiger partial charge on any atom is 0.166 e. The highest BCUT2D eigenvalue weighted by Crippen LogP contribution is 2.34. The van der Waals surface area contributed by atoms with E-state index in [0.29, 0.717) is 23.6 Å². The number of benzene rings is 3. The fourth-order valence-corrected chi connectivity index (χ4v) is 2.33. The third-order valence-corrected chi connectivity index (χ3v) is 3.48. The number of ether oxygens (including phenoxy) is 1. The van der Waals surface area contributed by atoms with Crippen LogP contribution in [0.4, 0.5) is 14.5 Å². The van der Waals surface area contributed by atoms with E-state index in [0.717, 1.165) is 11.6 Å². The molecule has 0 spiro atoms. The van der Waals surface area contributed by atoms with Crippen molar-refractivity contribution in [3.05, 3.63) is 83.9 Å². The summed E-state index contributed by atoms with van der Waals surface area (Å²) in [5.41, 5.74) is 7.78. The molecule has 23 heavy (non-hydrogen) atoms. The Morgan fingerprint density at radius 1 is 0.826 bits per heavy atom. The fraction of sp³-hybridized carbons (Fsp3) is 0.0526. The number of halogens is 2. The van der Waals surface area contributed by atoms with Crippen LogP contribution in [0.1, 0.15) is 5.56 Å². The van der Waals surface area contributed by atoms with Crippen LogP contribution in [0.2, 0.25) is 0 Å². The van der Waals surface area contributed by atoms with Crippen LogP contribution in [0.5, 0.6) is 5.75 Å². The van der Waals surface area contributed by atoms with Crippen molar-refractivity contribution >= 4 is 5.69 Å². The van der Waals surface area contributed by atoms with Gasteiger partial charge in [0.2, 0.25) is 0 Å². The second kappa shape index (κ2) is 6.48. The highest BCUT2D eigenvalue weighted by atomic mass is 19.2. The molecule has 0 aliphatic heterocycles.